The quantitative estimate of drug-likeness (QED) is 0.868. The van der Waals surface area contributed by atoms with Crippen molar-refractivity contribution < 1.29 is 0 Å². The SMILES string of the molecule is Cc1cc(N)nc(CNc2ccc(C)nc2C)c1. The van der Waals surface area contributed by atoms with Crippen LogP contribution in [0.5, 0.6) is 0 Å². The fourth-order valence-electron chi connectivity index (χ4n) is 1.92. The lowest BCUT2D eigenvalue weighted by Gasteiger charge is -2.10. The van der Waals surface area contributed by atoms with E-state index in [1.807, 2.05) is 45.0 Å². The van der Waals surface area contributed by atoms with E-state index < -0.39 is 0 Å². The molecule has 0 saturated carbocycles. The van der Waals surface area contributed by atoms with E-state index >= 15 is 0 Å². The van der Waals surface area contributed by atoms with Crippen molar-refractivity contribution in [3.05, 3.63) is 46.9 Å². The number of anilines is 2. The number of hydrogen-bond donors (Lipinski definition) is 2. The Hall–Kier alpha value is -2.10. The zero-order chi connectivity index (χ0) is 13.1. The highest BCUT2D eigenvalue weighted by atomic mass is 14.9. The van der Waals surface area contributed by atoms with Crippen LogP contribution in [-0.2, 0) is 6.54 Å². The molecule has 4 nitrogen and oxygen atoms in total. The molecule has 0 radical (unpaired) electrons. The Morgan fingerprint density at radius 1 is 1.11 bits per heavy atom. The summed E-state index contributed by atoms with van der Waals surface area (Å²) in [4.78, 5) is 8.70. The van der Waals surface area contributed by atoms with Gasteiger partial charge in [0.1, 0.15) is 5.82 Å². The number of hydrogen-bond acceptors (Lipinski definition) is 4. The maximum absolute atomic E-state index is 5.73. The predicted molar refractivity (Wildman–Crippen MR) is 74.4 cm³/mol. The first-order chi connectivity index (χ1) is 8.54. The lowest BCUT2D eigenvalue weighted by Crippen LogP contribution is -2.06. The van der Waals surface area contributed by atoms with Gasteiger partial charge in [-0.15, -0.1) is 0 Å². The third-order valence-electron chi connectivity index (χ3n) is 2.73. The zero-order valence-corrected chi connectivity index (χ0v) is 11.0. The van der Waals surface area contributed by atoms with E-state index in [1.54, 1.807) is 0 Å². The van der Waals surface area contributed by atoms with Crippen molar-refractivity contribution in [1.82, 2.24) is 9.97 Å². The highest BCUT2D eigenvalue weighted by Gasteiger charge is 2.02. The Morgan fingerprint density at radius 2 is 1.89 bits per heavy atom. The maximum Gasteiger partial charge on any atom is 0.123 e. The summed E-state index contributed by atoms with van der Waals surface area (Å²) in [5.74, 6) is 0.561. The monoisotopic (exact) mass is 242 g/mol. The largest absolute Gasteiger partial charge is 0.384 e. The number of aryl methyl sites for hydroxylation is 3. The van der Waals surface area contributed by atoms with Gasteiger partial charge in [-0.25, -0.2) is 4.98 Å². The van der Waals surface area contributed by atoms with E-state index in [4.69, 9.17) is 5.73 Å². The second-order valence-corrected chi connectivity index (χ2v) is 4.50. The zero-order valence-electron chi connectivity index (χ0n) is 11.0. The summed E-state index contributed by atoms with van der Waals surface area (Å²) >= 11 is 0. The van der Waals surface area contributed by atoms with Crippen LogP contribution in [0, 0.1) is 20.8 Å². The van der Waals surface area contributed by atoms with Crippen molar-refractivity contribution in [3.63, 3.8) is 0 Å². The molecule has 0 aliphatic rings. The molecule has 18 heavy (non-hydrogen) atoms. The molecule has 2 heterocycles. The minimum atomic E-state index is 0.561. The first-order valence-corrected chi connectivity index (χ1v) is 5.96. The van der Waals surface area contributed by atoms with Crippen LogP contribution < -0.4 is 11.1 Å². The summed E-state index contributed by atoms with van der Waals surface area (Å²) in [5.41, 5.74) is 10.8. The standard InChI is InChI=1S/C14H18N4/c1-9-6-12(18-14(15)7-9)8-16-13-5-4-10(2)17-11(13)3/h4-7,16H,8H2,1-3H3,(H2,15,18). The second kappa shape index (κ2) is 5.04. The lowest BCUT2D eigenvalue weighted by molar-refractivity contribution is 1.02. The molecule has 0 unspecified atom stereocenters. The van der Waals surface area contributed by atoms with Gasteiger partial charge in [0.2, 0.25) is 0 Å². The molecule has 2 aromatic rings. The normalized spacial score (nSPS) is 10.4. The van der Waals surface area contributed by atoms with Crippen molar-refractivity contribution in [3.8, 4) is 0 Å². The van der Waals surface area contributed by atoms with Gasteiger partial charge in [-0.1, -0.05) is 0 Å². The Bertz CT molecular complexity index is 543. The summed E-state index contributed by atoms with van der Waals surface area (Å²) < 4.78 is 0. The maximum atomic E-state index is 5.73. The van der Waals surface area contributed by atoms with E-state index in [2.05, 4.69) is 15.3 Å². The van der Waals surface area contributed by atoms with Gasteiger partial charge in [0.25, 0.3) is 0 Å². The van der Waals surface area contributed by atoms with Crippen molar-refractivity contribution in [1.29, 1.82) is 0 Å². The van der Waals surface area contributed by atoms with Crippen LogP contribution in [0.1, 0.15) is 22.6 Å². The number of nitrogens with two attached hydrogens (primary N) is 1. The van der Waals surface area contributed by atoms with Crippen molar-refractivity contribution in [2.45, 2.75) is 27.3 Å². The van der Waals surface area contributed by atoms with Gasteiger partial charge in [-0.2, -0.15) is 0 Å². The van der Waals surface area contributed by atoms with Gasteiger partial charge >= 0.3 is 0 Å². The molecular formula is C14H18N4. The minimum Gasteiger partial charge on any atom is -0.384 e. The molecule has 4 heteroatoms. The molecule has 0 amide bonds. The van der Waals surface area contributed by atoms with Gasteiger partial charge < -0.3 is 11.1 Å². The topological polar surface area (TPSA) is 63.8 Å². The molecular weight excluding hydrogens is 224 g/mol. The number of aromatic nitrogens is 2. The van der Waals surface area contributed by atoms with Crippen LogP contribution in [0.15, 0.2) is 24.3 Å². The number of pyridine rings is 2. The molecule has 0 aliphatic heterocycles. The molecule has 0 atom stereocenters. The Balaban J connectivity index is 2.11. The Kier molecular flexibility index (Phi) is 3.46. The summed E-state index contributed by atoms with van der Waals surface area (Å²) in [5, 5.41) is 3.33. The van der Waals surface area contributed by atoms with Crippen LogP contribution in [0.3, 0.4) is 0 Å². The van der Waals surface area contributed by atoms with Crippen LogP contribution in [0.4, 0.5) is 11.5 Å². The third kappa shape index (κ3) is 2.97. The average Bonchev–Trinajstić information content (AvgIpc) is 2.26. The fourth-order valence-corrected chi connectivity index (χ4v) is 1.92. The summed E-state index contributed by atoms with van der Waals surface area (Å²) in [6.45, 7) is 6.64. The Labute approximate surface area is 107 Å². The second-order valence-electron chi connectivity index (χ2n) is 4.50. The van der Waals surface area contributed by atoms with Crippen LogP contribution in [0.25, 0.3) is 0 Å². The van der Waals surface area contributed by atoms with E-state index in [-0.39, 0.29) is 0 Å². The van der Waals surface area contributed by atoms with Gasteiger partial charge in [0.05, 0.1) is 23.6 Å². The summed E-state index contributed by atoms with van der Waals surface area (Å²) in [6, 6.07) is 7.92. The molecule has 2 aromatic heterocycles. The van der Waals surface area contributed by atoms with Gasteiger partial charge in [0, 0.05) is 5.69 Å². The predicted octanol–water partition coefficient (Wildman–Crippen LogP) is 2.60. The van der Waals surface area contributed by atoms with Gasteiger partial charge in [0.15, 0.2) is 0 Å². The molecule has 0 saturated heterocycles. The van der Waals surface area contributed by atoms with Gasteiger partial charge in [-0.3, -0.25) is 4.98 Å². The van der Waals surface area contributed by atoms with E-state index in [1.165, 1.54) is 0 Å². The van der Waals surface area contributed by atoms with Gasteiger partial charge in [-0.05, 0) is 50.6 Å². The highest BCUT2D eigenvalue weighted by molar-refractivity contribution is 5.48. The summed E-state index contributed by atoms with van der Waals surface area (Å²) in [7, 11) is 0. The fraction of sp³-hybridized carbons (Fsp3) is 0.286. The van der Waals surface area contributed by atoms with Crippen LogP contribution in [0.2, 0.25) is 0 Å². The van der Waals surface area contributed by atoms with E-state index in [0.29, 0.717) is 12.4 Å². The molecule has 0 spiro atoms. The summed E-state index contributed by atoms with van der Waals surface area (Å²) in [6.07, 6.45) is 0. The molecule has 0 aromatic carbocycles. The molecule has 2 rings (SSSR count). The van der Waals surface area contributed by atoms with Crippen LogP contribution in [-0.4, -0.2) is 9.97 Å². The molecule has 3 N–H and O–H groups in total. The number of rotatable bonds is 3. The van der Waals surface area contributed by atoms with Crippen molar-refractivity contribution in [2.75, 3.05) is 11.1 Å². The smallest absolute Gasteiger partial charge is 0.123 e. The van der Waals surface area contributed by atoms with E-state index in [9.17, 15) is 0 Å². The highest BCUT2D eigenvalue weighted by Crippen LogP contribution is 2.14. The minimum absolute atomic E-state index is 0.561. The molecule has 0 bridgehead atoms. The van der Waals surface area contributed by atoms with E-state index in [0.717, 1.165) is 28.3 Å². The first kappa shape index (κ1) is 12.4. The molecule has 94 valence electrons. The molecule has 0 aliphatic carbocycles. The number of nitrogens with zero attached hydrogens (tertiary/aromatic N) is 2. The first-order valence-electron chi connectivity index (χ1n) is 5.96. The van der Waals surface area contributed by atoms with Crippen molar-refractivity contribution >= 4 is 11.5 Å². The Morgan fingerprint density at radius 3 is 2.56 bits per heavy atom. The average molecular weight is 242 g/mol. The third-order valence-corrected chi connectivity index (χ3v) is 2.73. The number of nitrogens with one attached hydrogen (secondary N) is 1. The number of nitrogen functional groups attached to an aromatic ring is 1. The lowest BCUT2D eigenvalue weighted by atomic mass is 10.2. The van der Waals surface area contributed by atoms with Crippen LogP contribution >= 0.6 is 0 Å². The van der Waals surface area contributed by atoms with Crippen molar-refractivity contribution in [2.24, 2.45) is 0 Å². The molecule has 0 fully saturated rings.